The third-order valence-electron chi connectivity index (χ3n) is 2.63. The van der Waals surface area contributed by atoms with Crippen LogP contribution in [-0.2, 0) is 14.6 Å². The van der Waals surface area contributed by atoms with Crippen LogP contribution >= 0.6 is 0 Å². The lowest BCUT2D eigenvalue weighted by Gasteiger charge is -2.22. The lowest BCUT2D eigenvalue weighted by molar-refractivity contribution is -0.136. The van der Waals surface area contributed by atoms with Crippen LogP contribution in [0.15, 0.2) is 12.2 Å². The van der Waals surface area contributed by atoms with Gasteiger partial charge in [0.1, 0.15) is 0 Å². The molecule has 5 heteroatoms. The first-order valence-electron chi connectivity index (χ1n) is 5.02. The molecule has 0 spiro atoms. The predicted molar refractivity (Wildman–Crippen MR) is 57.4 cm³/mol. The molecule has 86 valence electrons. The van der Waals surface area contributed by atoms with Crippen molar-refractivity contribution in [2.75, 3.05) is 5.75 Å². The quantitative estimate of drug-likeness (QED) is 0.743. The highest BCUT2D eigenvalue weighted by Gasteiger charge is 2.29. The molecule has 1 saturated heterocycles. The Kier molecular flexibility index (Phi) is 3.90. The molecular formula is C10H16O4S. The smallest absolute Gasteiger partial charge is 0.307 e. The summed E-state index contributed by atoms with van der Waals surface area (Å²) in [7, 11) is -3.01. The van der Waals surface area contributed by atoms with Crippen LogP contribution in [0.5, 0.6) is 0 Å². The van der Waals surface area contributed by atoms with E-state index in [-0.39, 0.29) is 12.2 Å². The van der Waals surface area contributed by atoms with Crippen molar-refractivity contribution in [3.8, 4) is 0 Å². The summed E-state index contributed by atoms with van der Waals surface area (Å²) in [5, 5.41) is 8.13. The molecule has 0 radical (unpaired) electrons. The summed E-state index contributed by atoms with van der Waals surface area (Å²) in [6, 6.07) is 0. The fourth-order valence-corrected chi connectivity index (χ4v) is 3.81. The van der Waals surface area contributed by atoms with E-state index in [1.54, 1.807) is 0 Å². The minimum Gasteiger partial charge on any atom is -0.481 e. The summed E-state index contributed by atoms with van der Waals surface area (Å²) >= 11 is 0. The Morgan fingerprint density at radius 1 is 1.40 bits per heavy atom. The zero-order valence-electron chi connectivity index (χ0n) is 8.61. The highest BCUT2D eigenvalue weighted by Crippen LogP contribution is 2.25. The van der Waals surface area contributed by atoms with Gasteiger partial charge in [-0.15, -0.1) is 0 Å². The monoisotopic (exact) mass is 232 g/mol. The van der Waals surface area contributed by atoms with E-state index in [1.165, 1.54) is 0 Å². The second-order valence-electron chi connectivity index (χ2n) is 4.01. The first-order chi connectivity index (χ1) is 6.92. The second-order valence-corrected chi connectivity index (χ2v) is 6.41. The van der Waals surface area contributed by atoms with E-state index < -0.39 is 21.1 Å². The van der Waals surface area contributed by atoms with Crippen LogP contribution < -0.4 is 0 Å². The van der Waals surface area contributed by atoms with Crippen LogP contribution in [-0.4, -0.2) is 30.5 Å². The van der Waals surface area contributed by atoms with Crippen molar-refractivity contribution in [1.82, 2.24) is 0 Å². The minimum absolute atomic E-state index is 0.133. The van der Waals surface area contributed by atoms with Crippen LogP contribution in [0.1, 0.15) is 32.1 Å². The molecule has 1 aliphatic heterocycles. The average molecular weight is 232 g/mol. The molecule has 1 fully saturated rings. The van der Waals surface area contributed by atoms with Crippen LogP contribution in [0.3, 0.4) is 0 Å². The Morgan fingerprint density at radius 2 is 2.07 bits per heavy atom. The van der Waals surface area contributed by atoms with Gasteiger partial charge in [0.25, 0.3) is 0 Å². The second kappa shape index (κ2) is 4.79. The van der Waals surface area contributed by atoms with Crippen molar-refractivity contribution < 1.29 is 18.3 Å². The van der Waals surface area contributed by atoms with Gasteiger partial charge in [0, 0.05) is 0 Å². The zero-order valence-corrected chi connectivity index (χ0v) is 9.42. The van der Waals surface area contributed by atoms with E-state index in [1.807, 2.05) is 0 Å². The number of aliphatic carboxylic acids is 1. The molecule has 15 heavy (non-hydrogen) atoms. The zero-order chi connectivity index (χ0) is 11.5. The Bertz CT molecular complexity index is 356. The van der Waals surface area contributed by atoms with E-state index in [9.17, 15) is 13.2 Å². The lowest BCUT2D eigenvalue weighted by atomic mass is 10.0. The highest BCUT2D eigenvalue weighted by molar-refractivity contribution is 7.92. The van der Waals surface area contributed by atoms with E-state index in [0.29, 0.717) is 18.4 Å². The Balaban J connectivity index is 2.57. The maximum absolute atomic E-state index is 11.6. The standard InChI is InChI=1S/C10H16O4S/c1-8(7-10(11)12)6-9-4-2-3-5-15(9,13)14/h9H,1-7H2,(H,11,12). The molecule has 0 aromatic carbocycles. The number of rotatable bonds is 4. The van der Waals surface area contributed by atoms with Gasteiger partial charge < -0.3 is 5.11 Å². The molecule has 0 aliphatic carbocycles. The highest BCUT2D eigenvalue weighted by atomic mass is 32.2. The van der Waals surface area contributed by atoms with E-state index in [4.69, 9.17) is 5.11 Å². The first kappa shape index (κ1) is 12.2. The third kappa shape index (κ3) is 3.66. The van der Waals surface area contributed by atoms with Gasteiger partial charge in [-0.1, -0.05) is 18.6 Å². The van der Waals surface area contributed by atoms with Gasteiger partial charge in [-0.3, -0.25) is 4.79 Å². The molecule has 1 rings (SSSR count). The van der Waals surface area contributed by atoms with Gasteiger partial charge in [-0.05, 0) is 19.3 Å². The lowest BCUT2D eigenvalue weighted by Crippen LogP contribution is -2.28. The normalized spacial score (nSPS) is 24.7. The number of hydrogen-bond acceptors (Lipinski definition) is 3. The third-order valence-corrected chi connectivity index (χ3v) is 4.91. The maximum atomic E-state index is 11.6. The summed E-state index contributed by atoms with van der Waals surface area (Å²) in [4.78, 5) is 10.4. The largest absolute Gasteiger partial charge is 0.481 e. The van der Waals surface area contributed by atoms with Gasteiger partial charge in [0.15, 0.2) is 9.84 Å². The minimum atomic E-state index is -3.01. The van der Waals surface area contributed by atoms with Crippen molar-refractivity contribution in [3.63, 3.8) is 0 Å². The molecule has 0 aromatic rings. The summed E-state index contributed by atoms with van der Waals surface area (Å²) in [6.45, 7) is 3.61. The number of sulfone groups is 1. The summed E-state index contributed by atoms with van der Waals surface area (Å²) in [5.74, 6) is -0.717. The maximum Gasteiger partial charge on any atom is 0.307 e. The van der Waals surface area contributed by atoms with Crippen LogP contribution in [0.2, 0.25) is 0 Å². The molecule has 1 heterocycles. The van der Waals surface area contributed by atoms with Gasteiger partial charge in [-0.25, -0.2) is 8.42 Å². The molecule has 1 N–H and O–H groups in total. The molecule has 0 amide bonds. The van der Waals surface area contributed by atoms with Crippen LogP contribution in [0.4, 0.5) is 0 Å². The molecule has 4 nitrogen and oxygen atoms in total. The molecular weight excluding hydrogens is 216 g/mol. The van der Waals surface area contributed by atoms with Crippen LogP contribution in [0, 0.1) is 0 Å². The molecule has 1 unspecified atom stereocenters. The fourth-order valence-electron chi connectivity index (χ4n) is 1.86. The van der Waals surface area contributed by atoms with Gasteiger partial charge in [0.2, 0.25) is 0 Å². The number of carboxylic acids is 1. The van der Waals surface area contributed by atoms with Gasteiger partial charge in [-0.2, -0.15) is 0 Å². The van der Waals surface area contributed by atoms with Crippen molar-refractivity contribution in [1.29, 1.82) is 0 Å². The fraction of sp³-hybridized carbons (Fsp3) is 0.700. The van der Waals surface area contributed by atoms with Crippen molar-refractivity contribution in [3.05, 3.63) is 12.2 Å². The van der Waals surface area contributed by atoms with Crippen molar-refractivity contribution >= 4 is 15.8 Å². The molecule has 1 aliphatic rings. The van der Waals surface area contributed by atoms with Crippen LogP contribution in [0.25, 0.3) is 0 Å². The topological polar surface area (TPSA) is 71.4 Å². The van der Waals surface area contributed by atoms with Gasteiger partial charge in [0.05, 0.1) is 17.4 Å². The molecule has 0 bridgehead atoms. The summed E-state index contributed by atoms with van der Waals surface area (Å²) in [6.07, 6.45) is 2.44. The Morgan fingerprint density at radius 3 is 2.60 bits per heavy atom. The Hall–Kier alpha value is -0.840. The van der Waals surface area contributed by atoms with E-state index >= 15 is 0 Å². The summed E-state index contributed by atoms with van der Waals surface area (Å²) < 4.78 is 23.2. The van der Waals surface area contributed by atoms with Gasteiger partial charge >= 0.3 is 5.97 Å². The number of hydrogen-bond donors (Lipinski definition) is 1. The Labute approximate surface area is 89.9 Å². The van der Waals surface area contributed by atoms with Crippen molar-refractivity contribution in [2.24, 2.45) is 0 Å². The predicted octanol–water partition coefficient (Wildman–Crippen LogP) is 1.37. The number of carbonyl (C=O) groups is 1. The number of carboxylic acid groups (broad SMARTS) is 1. The average Bonchev–Trinajstić information content (AvgIpc) is 2.07. The van der Waals surface area contributed by atoms with E-state index in [0.717, 1.165) is 12.8 Å². The molecule has 0 saturated carbocycles. The van der Waals surface area contributed by atoms with Crippen molar-refractivity contribution in [2.45, 2.75) is 37.4 Å². The summed E-state index contributed by atoms with van der Waals surface area (Å²) in [5.41, 5.74) is 0.498. The SMILES string of the molecule is C=C(CC(=O)O)CC1CCCCS1(=O)=O. The molecule has 1 atom stereocenters. The van der Waals surface area contributed by atoms with E-state index in [2.05, 4.69) is 6.58 Å². The first-order valence-corrected chi connectivity index (χ1v) is 6.73. The molecule has 0 aromatic heterocycles.